The lowest BCUT2D eigenvalue weighted by Crippen LogP contribution is -2.36. The van der Waals surface area contributed by atoms with Gasteiger partial charge in [-0.3, -0.25) is 9.62 Å². The molecule has 2 amide bonds. The number of carbonyl (C=O) groups excluding carboxylic acids is 2. The maximum absolute atomic E-state index is 12.4. The summed E-state index contributed by atoms with van der Waals surface area (Å²) >= 11 is 0. The summed E-state index contributed by atoms with van der Waals surface area (Å²) in [5.41, 5.74) is 1.86. The van der Waals surface area contributed by atoms with Crippen molar-refractivity contribution in [3.63, 3.8) is 0 Å². The van der Waals surface area contributed by atoms with Gasteiger partial charge in [0.2, 0.25) is 0 Å². The Morgan fingerprint density at radius 3 is 2.70 bits per heavy atom. The van der Waals surface area contributed by atoms with Crippen LogP contribution in [0.15, 0.2) is 42.5 Å². The number of fused-ring (bicyclic) bond motifs is 1. The average Bonchev–Trinajstić information content (AvgIpc) is 2.68. The Hall–Kier alpha value is -3.31. The first-order valence-electron chi connectivity index (χ1n) is 8.96. The number of hydrogen-bond acceptors (Lipinski definition) is 6. The van der Waals surface area contributed by atoms with Gasteiger partial charge in [-0.1, -0.05) is 12.1 Å². The van der Waals surface area contributed by atoms with E-state index in [0.29, 0.717) is 18.0 Å². The molecule has 0 aromatic heterocycles. The number of anilines is 1. The minimum atomic E-state index is -3.64. The summed E-state index contributed by atoms with van der Waals surface area (Å²) in [5, 5.41) is 0. The molecule has 11 heteroatoms. The molecule has 0 radical (unpaired) electrons. The number of ether oxygens (including phenoxy) is 2. The second kappa shape index (κ2) is 8.59. The van der Waals surface area contributed by atoms with Crippen LogP contribution >= 0.6 is 0 Å². The number of carbonyl (C=O) groups is 2. The fraction of sp³-hybridized carbons (Fsp3) is 0.263. The van der Waals surface area contributed by atoms with E-state index in [4.69, 9.17) is 9.47 Å². The summed E-state index contributed by atoms with van der Waals surface area (Å²) in [6.07, 6.45) is -1.09. The Balaban J connectivity index is 1.72. The Kier molecular flexibility index (Phi) is 6.13. The smallest absolute Gasteiger partial charge is 0.410 e. The van der Waals surface area contributed by atoms with Crippen LogP contribution in [-0.2, 0) is 23.3 Å². The topological polar surface area (TPSA) is 117 Å². The maximum Gasteiger partial charge on any atom is 0.415 e. The van der Waals surface area contributed by atoms with Gasteiger partial charge in [0, 0.05) is 39.3 Å². The van der Waals surface area contributed by atoms with E-state index in [1.807, 2.05) is 0 Å². The van der Waals surface area contributed by atoms with Gasteiger partial charge >= 0.3 is 12.2 Å². The normalized spacial score (nSPS) is 13.3. The zero-order chi connectivity index (χ0) is 21.9. The molecule has 0 fully saturated rings. The van der Waals surface area contributed by atoms with Crippen molar-refractivity contribution in [1.82, 2.24) is 14.5 Å². The molecule has 0 atom stereocenters. The lowest BCUT2D eigenvalue weighted by atomic mass is 10.1. The minimum absolute atomic E-state index is 0.227. The molecule has 0 bridgehead atoms. The summed E-state index contributed by atoms with van der Waals surface area (Å²) in [7, 11) is 0.804. The first-order valence-corrected chi connectivity index (χ1v) is 10.4. The van der Waals surface area contributed by atoms with Crippen LogP contribution in [0.25, 0.3) is 0 Å². The van der Waals surface area contributed by atoms with Crippen LogP contribution in [0.5, 0.6) is 11.5 Å². The Bertz CT molecular complexity index is 1070. The van der Waals surface area contributed by atoms with E-state index in [1.165, 1.54) is 22.9 Å². The third-order valence-corrected chi connectivity index (χ3v) is 5.29. The van der Waals surface area contributed by atoms with Crippen LogP contribution in [0.1, 0.15) is 11.1 Å². The highest BCUT2D eigenvalue weighted by Gasteiger charge is 2.26. The molecule has 2 aromatic carbocycles. The molecule has 0 unspecified atom stereocenters. The molecule has 30 heavy (non-hydrogen) atoms. The van der Waals surface area contributed by atoms with Gasteiger partial charge in [-0.25, -0.2) is 14.3 Å². The number of nitrogens with zero attached hydrogens (tertiary/aromatic N) is 2. The van der Waals surface area contributed by atoms with E-state index >= 15 is 0 Å². The second-order valence-electron chi connectivity index (χ2n) is 6.77. The van der Waals surface area contributed by atoms with E-state index < -0.39 is 22.4 Å². The van der Waals surface area contributed by atoms with Crippen molar-refractivity contribution in [2.24, 2.45) is 0 Å². The van der Waals surface area contributed by atoms with Crippen LogP contribution in [0.2, 0.25) is 0 Å². The Labute approximate surface area is 174 Å². The van der Waals surface area contributed by atoms with Gasteiger partial charge in [-0.05, 0) is 29.8 Å². The molecule has 2 N–H and O–H groups in total. The van der Waals surface area contributed by atoms with E-state index in [-0.39, 0.29) is 12.3 Å². The summed E-state index contributed by atoms with van der Waals surface area (Å²) in [4.78, 5) is 26.9. The third-order valence-electron chi connectivity index (χ3n) is 4.25. The second-order valence-corrected chi connectivity index (χ2v) is 8.39. The third kappa shape index (κ3) is 5.19. The van der Waals surface area contributed by atoms with E-state index in [1.54, 1.807) is 50.5 Å². The number of amides is 2. The summed E-state index contributed by atoms with van der Waals surface area (Å²) in [6, 6.07) is 11.6. The molecule has 2 aromatic rings. The molecule has 1 aliphatic heterocycles. The zero-order valence-electron chi connectivity index (χ0n) is 16.7. The maximum atomic E-state index is 12.4. The highest BCUT2D eigenvalue weighted by Crippen LogP contribution is 2.31. The SMILES string of the molecule is CNS(=O)(=O)Nc1cccc(CN2Cc3ccc(OC(=O)N(C)C)cc3OC2=O)c1. The van der Waals surface area contributed by atoms with Crippen molar-refractivity contribution >= 4 is 28.1 Å². The predicted octanol–water partition coefficient (Wildman–Crippen LogP) is 2.14. The molecule has 0 aliphatic carbocycles. The van der Waals surface area contributed by atoms with Crippen molar-refractivity contribution < 1.29 is 27.5 Å². The number of benzene rings is 2. The lowest BCUT2D eigenvalue weighted by Gasteiger charge is -2.28. The quantitative estimate of drug-likeness (QED) is 0.719. The van der Waals surface area contributed by atoms with Crippen molar-refractivity contribution in [1.29, 1.82) is 0 Å². The number of nitrogens with one attached hydrogen (secondary N) is 2. The molecule has 3 rings (SSSR count). The molecular formula is C19H22N4O6S. The molecule has 0 saturated carbocycles. The highest BCUT2D eigenvalue weighted by atomic mass is 32.2. The van der Waals surface area contributed by atoms with Crippen molar-refractivity contribution in [2.75, 3.05) is 25.9 Å². The Morgan fingerprint density at radius 2 is 2.00 bits per heavy atom. The standard InChI is InChI=1S/C19H22N4O6S/c1-20-30(26,27)21-15-6-4-5-13(9-15)11-23-12-14-7-8-16(28-18(24)22(2)3)10-17(14)29-19(23)25/h4-10,20-21H,11-12H2,1-3H3. The van der Waals surface area contributed by atoms with Gasteiger partial charge in [0.1, 0.15) is 11.5 Å². The molecule has 0 saturated heterocycles. The molecule has 10 nitrogen and oxygen atoms in total. The first kappa shape index (κ1) is 21.4. The van der Waals surface area contributed by atoms with Gasteiger partial charge in [-0.2, -0.15) is 8.42 Å². The molecule has 160 valence electrons. The van der Waals surface area contributed by atoms with E-state index in [2.05, 4.69) is 9.44 Å². The van der Waals surface area contributed by atoms with Crippen LogP contribution in [0.3, 0.4) is 0 Å². The van der Waals surface area contributed by atoms with Crippen LogP contribution in [-0.4, -0.2) is 51.5 Å². The largest absolute Gasteiger partial charge is 0.415 e. The monoisotopic (exact) mass is 434 g/mol. The molecule has 0 spiro atoms. The number of hydrogen-bond donors (Lipinski definition) is 2. The van der Waals surface area contributed by atoms with Gasteiger partial charge < -0.3 is 14.4 Å². The van der Waals surface area contributed by atoms with Gasteiger partial charge in [-0.15, -0.1) is 0 Å². The van der Waals surface area contributed by atoms with E-state index in [9.17, 15) is 18.0 Å². The lowest BCUT2D eigenvalue weighted by molar-refractivity contribution is 0.135. The minimum Gasteiger partial charge on any atom is -0.410 e. The average molecular weight is 434 g/mol. The fourth-order valence-corrected chi connectivity index (χ4v) is 3.26. The van der Waals surface area contributed by atoms with Gasteiger partial charge in [0.15, 0.2) is 0 Å². The van der Waals surface area contributed by atoms with E-state index in [0.717, 1.165) is 11.1 Å². The molecule has 1 heterocycles. The van der Waals surface area contributed by atoms with Crippen molar-refractivity contribution in [3.05, 3.63) is 53.6 Å². The van der Waals surface area contributed by atoms with Crippen LogP contribution in [0, 0.1) is 0 Å². The predicted molar refractivity (Wildman–Crippen MR) is 109 cm³/mol. The van der Waals surface area contributed by atoms with Crippen LogP contribution in [0.4, 0.5) is 15.3 Å². The molecular weight excluding hydrogens is 412 g/mol. The highest BCUT2D eigenvalue weighted by molar-refractivity contribution is 7.90. The summed E-state index contributed by atoms with van der Waals surface area (Å²) in [5.74, 6) is 0.606. The Morgan fingerprint density at radius 1 is 1.23 bits per heavy atom. The van der Waals surface area contributed by atoms with Crippen molar-refractivity contribution in [3.8, 4) is 11.5 Å². The fourth-order valence-electron chi connectivity index (χ4n) is 2.73. The number of rotatable bonds is 6. The summed E-state index contributed by atoms with van der Waals surface area (Å²) < 4.78 is 38.4. The molecule has 1 aliphatic rings. The first-order chi connectivity index (χ1) is 14.2. The summed E-state index contributed by atoms with van der Waals surface area (Å²) in [6.45, 7) is 0.521. The van der Waals surface area contributed by atoms with Crippen molar-refractivity contribution in [2.45, 2.75) is 13.1 Å². The van der Waals surface area contributed by atoms with Gasteiger partial charge in [0.25, 0.3) is 10.2 Å². The van der Waals surface area contributed by atoms with Crippen LogP contribution < -0.4 is 18.9 Å². The van der Waals surface area contributed by atoms with Gasteiger partial charge in [0.05, 0.1) is 12.2 Å². The zero-order valence-corrected chi connectivity index (χ0v) is 17.5.